The van der Waals surface area contributed by atoms with Gasteiger partial charge in [-0.25, -0.2) is 4.98 Å². The summed E-state index contributed by atoms with van der Waals surface area (Å²) in [6.45, 7) is 0. The summed E-state index contributed by atoms with van der Waals surface area (Å²) in [6, 6.07) is 10.3. The number of nitrogens with zero attached hydrogens (tertiary/aromatic N) is 3. The fraction of sp³-hybridized carbons (Fsp3) is 0. The second kappa shape index (κ2) is 7.28. The molecule has 1 N–H and O–H groups in total. The van der Waals surface area contributed by atoms with Gasteiger partial charge in [-0.05, 0) is 52.3 Å². The fourth-order valence-corrected chi connectivity index (χ4v) is 2.83. The van der Waals surface area contributed by atoms with E-state index in [0.29, 0.717) is 27.1 Å². The maximum atomic E-state index is 12.4. The number of hydrogen-bond acceptors (Lipinski definition) is 3. The lowest BCUT2D eigenvalue weighted by Gasteiger charge is -2.07. The quantitative estimate of drug-likeness (QED) is 0.467. The number of rotatable bonds is 3. The molecule has 0 unspecified atom stereocenters. The number of aromatic nitrogens is 2. The summed E-state index contributed by atoms with van der Waals surface area (Å²) in [5.41, 5.74) is 1.55. The Morgan fingerprint density at radius 2 is 2.12 bits per heavy atom. The molecule has 0 radical (unpaired) electrons. The number of anilines is 1. The maximum Gasteiger partial charge on any atom is 0.266 e. The largest absolute Gasteiger partial charge is 0.320 e. The van der Waals surface area contributed by atoms with Crippen molar-refractivity contribution in [2.24, 2.45) is 0 Å². The van der Waals surface area contributed by atoms with Gasteiger partial charge >= 0.3 is 0 Å². The smallest absolute Gasteiger partial charge is 0.266 e. The molecule has 0 fully saturated rings. The van der Waals surface area contributed by atoms with Crippen LogP contribution in [0.4, 0.5) is 5.69 Å². The summed E-state index contributed by atoms with van der Waals surface area (Å²) in [5.74, 6) is -0.586. The zero-order valence-corrected chi connectivity index (χ0v) is 15.6. The zero-order chi connectivity index (χ0) is 18.0. The van der Waals surface area contributed by atoms with Crippen molar-refractivity contribution < 1.29 is 4.79 Å². The third-order valence-corrected chi connectivity index (χ3v) is 4.37. The van der Waals surface area contributed by atoms with Gasteiger partial charge in [0.25, 0.3) is 5.91 Å². The van der Waals surface area contributed by atoms with Gasteiger partial charge < -0.3 is 5.32 Å². The molecule has 3 rings (SSSR count). The monoisotopic (exact) mass is 434 g/mol. The van der Waals surface area contributed by atoms with Crippen LogP contribution in [0.25, 0.3) is 11.7 Å². The van der Waals surface area contributed by atoms with Crippen LogP contribution in [-0.2, 0) is 4.79 Å². The minimum Gasteiger partial charge on any atom is -0.320 e. The number of fused-ring (bicyclic) bond motifs is 1. The van der Waals surface area contributed by atoms with Gasteiger partial charge in [0, 0.05) is 15.7 Å². The second-order valence-corrected chi connectivity index (χ2v) is 6.77. The lowest BCUT2D eigenvalue weighted by Crippen LogP contribution is -2.14. The molecule has 0 saturated carbocycles. The number of carbonyl (C=O) groups is 1. The number of nitriles is 1. The molecule has 124 valence electrons. The Labute approximate surface area is 161 Å². The highest BCUT2D eigenvalue weighted by Gasteiger charge is 2.13. The van der Waals surface area contributed by atoms with E-state index in [2.05, 4.69) is 26.2 Å². The van der Waals surface area contributed by atoms with Crippen LogP contribution in [0, 0.1) is 11.3 Å². The van der Waals surface area contributed by atoms with E-state index in [1.54, 1.807) is 28.9 Å². The lowest BCUT2D eigenvalue weighted by molar-refractivity contribution is -0.112. The maximum absolute atomic E-state index is 12.4. The summed E-state index contributed by atoms with van der Waals surface area (Å²) < 4.78 is 2.61. The number of benzene rings is 1. The Balaban J connectivity index is 1.94. The third-order valence-electron chi connectivity index (χ3n) is 3.33. The van der Waals surface area contributed by atoms with E-state index in [1.807, 2.05) is 18.2 Å². The predicted octanol–water partition coefficient (Wildman–Crippen LogP) is 4.95. The molecular weight excluding hydrogens is 427 g/mol. The van der Waals surface area contributed by atoms with Gasteiger partial charge in [-0.1, -0.05) is 23.2 Å². The summed E-state index contributed by atoms with van der Waals surface area (Å²) in [6.07, 6.45) is 4.84. The highest BCUT2D eigenvalue weighted by Crippen LogP contribution is 2.26. The van der Waals surface area contributed by atoms with Crippen LogP contribution >= 0.6 is 39.1 Å². The van der Waals surface area contributed by atoms with Crippen molar-refractivity contribution in [1.82, 2.24) is 9.38 Å². The molecule has 0 aliphatic carbocycles. The van der Waals surface area contributed by atoms with Crippen molar-refractivity contribution in [2.45, 2.75) is 0 Å². The highest BCUT2D eigenvalue weighted by atomic mass is 79.9. The van der Waals surface area contributed by atoms with Crippen molar-refractivity contribution in [3.8, 4) is 6.07 Å². The topological polar surface area (TPSA) is 70.2 Å². The van der Waals surface area contributed by atoms with E-state index in [1.165, 1.54) is 12.1 Å². The third kappa shape index (κ3) is 3.85. The average molecular weight is 436 g/mol. The number of imidazole rings is 1. The van der Waals surface area contributed by atoms with Crippen LogP contribution < -0.4 is 5.32 Å². The Morgan fingerprint density at radius 1 is 1.32 bits per heavy atom. The van der Waals surface area contributed by atoms with E-state index in [-0.39, 0.29) is 5.57 Å². The number of amides is 1. The van der Waals surface area contributed by atoms with Crippen LogP contribution in [0.5, 0.6) is 0 Å². The molecule has 0 spiro atoms. The Morgan fingerprint density at radius 3 is 2.88 bits per heavy atom. The first-order valence-corrected chi connectivity index (χ1v) is 8.53. The second-order valence-electron chi connectivity index (χ2n) is 5.01. The SMILES string of the molecule is N#C/C(=C/c1cnc2ccc(Br)cn12)C(=O)Nc1cc(Cl)ccc1Cl. The molecule has 2 heterocycles. The molecule has 0 atom stereocenters. The van der Waals surface area contributed by atoms with E-state index in [0.717, 1.165) is 4.47 Å². The number of nitrogens with one attached hydrogen (secondary N) is 1. The molecule has 0 aliphatic rings. The number of pyridine rings is 1. The van der Waals surface area contributed by atoms with Gasteiger partial charge in [-0.15, -0.1) is 0 Å². The fourth-order valence-electron chi connectivity index (χ4n) is 2.16. The van der Waals surface area contributed by atoms with Gasteiger partial charge in [0.2, 0.25) is 0 Å². The Kier molecular flexibility index (Phi) is 5.09. The standard InChI is InChI=1S/C17H9BrCl2N4O/c18-11-1-4-16-22-8-13(24(16)9-11)5-10(7-21)17(25)23-15-6-12(19)2-3-14(15)20/h1-6,8-9H,(H,23,25)/b10-5-. The van der Waals surface area contributed by atoms with Crippen molar-refractivity contribution in [1.29, 1.82) is 5.26 Å². The molecule has 1 aromatic carbocycles. The molecule has 5 nitrogen and oxygen atoms in total. The number of halogens is 3. The lowest BCUT2D eigenvalue weighted by atomic mass is 10.2. The van der Waals surface area contributed by atoms with Crippen LogP contribution in [0.15, 0.2) is 52.8 Å². The molecule has 0 bridgehead atoms. The predicted molar refractivity (Wildman–Crippen MR) is 102 cm³/mol. The Bertz CT molecular complexity index is 1050. The molecular formula is C17H9BrCl2N4O. The summed E-state index contributed by atoms with van der Waals surface area (Å²) in [7, 11) is 0. The van der Waals surface area contributed by atoms with Gasteiger partial charge in [0.15, 0.2) is 0 Å². The average Bonchev–Trinajstić information content (AvgIpc) is 2.97. The molecule has 0 aliphatic heterocycles. The molecule has 25 heavy (non-hydrogen) atoms. The first-order chi connectivity index (χ1) is 12.0. The molecule has 3 aromatic rings. The van der Waals surface area contributed by atoms with Crippen molar-refractivity contribution in [2.75, 3.05) is 5.32 Å². The normalized spacial score (nSPS) is 11.4. The van der Waals surface area contributed by atoms with Gasteiger partial charge in [0.05, 0.1) is 22.6 Å². The van der Waals surface area contributed by atoms with E-state index >= 15 is 0 Å². The summed E-state index contributed by atoms with van der Waals surface area (Å²) in [5, 5.41) is 12.7. The number of hydrogen-bond donors (Lipinski definition) is 1. The van der Waals surface area contributed by atoms with Gasteiger partial charge in [-0.3, -0.25) is 9.20 Å². The number of carbonyl (C=O) groups excluding carboxylic acids is 1. The van der Waals surface area contributed by atoms with Gasteiger partial charge in [0.1, 0.15) is 17.3 Å². The minimum atomic E-state index is -0.586. The molecule has 2 aromatic heterocycles. The minimum absolute atomic E-state index is 0.0854. The Hall–Kier alpha value is -2.33. The van der Waals surface area contributed by atoms with E-state index in [9.17, 15) is 10.1 Å². The summed E-state index contributed by atoms with van der Waals surface area (Å²) >= 11 is 15.3. The first kappa shape index (κ1) is 17.5. The van der Waals surface area contributed by atoms with Crippen molar-refractivity contribution >= 4 is 62.4 Å². The van der Waals surface area contributed by atoms with Crippen LogP contribution in [0.2, 0.25) is 10.0 Å². The van der Waals surface area contributed by atoms with Crippen LogP contribution in [0.1, 0.15) is 5.69 Å². The van der Waals surface area contributed by atoms with Crippen molar-refractivity contribution in [3.63, 3.8) is 0 Å². The van der Waals surface area contributed by atoms with Crippen LogP contribution in [-0.4, -0.2) is 15.3 Å². The van der Waals surface area contributed by atoms with Crippen molar-refractivity contribution in [3.05, 3.63) is 68.5 Å². The zero-order valence-electron chi connectivity index (χ0n) is 12.5. The van der Waals surface area contributed by atoms with Gasteiger partial charge in [-0.2, -0.15) is 5.26 Å². The summed E-state index contributed by atoms with van der Waals surface area (Å²) in [4.78, 5) is 16.6. The molecule has 0 saturated heterocycles. The van der Waals surface area contributed by atoms with E-state index < -0.39 is 5.91 Å². The first-order valence-electron chi connectivity index (χ1n) is 6.99. The van der Waals surface area contributed by atoms with Crippen LogP contribution in [0.3, 0.4) is 0 Å². The molecule has 8 heteroatoms. The van der Waals surface area contributed by atoms with E-state index in [4.69, 9.17) is 23.2 Å². The molecule has 1 amide bonds. The highest BCUT2D eigenvalue weighted by molar-refractivity contribution is 9.10.